The lowest BCUT2D eigenvalue weighted by atomic mass is 9.81. The van der Waals surface area contributed by atoms with Gasteiger partial charge in [0.25, 0.3) is 0 Å². The number of phosphoric ester groups is 1. The number of aliphatic imine (C=N–C) groups is 1. The van der Waals surface area contributed by atoms with E-state index in [9.17, 15) is 13.8 Å². The standard InChI is InChI=1S/C30H26F2N5O7PS/c1-19(28-36-27(14-46-28)20-6-9-23(33-2)10-7-20)30(15-37-17-34-16-35-37,25-11-8-22(31)13-26(25)32)43-18-42-29(38)21-4-3-5-24(12-21)44-45(39,40)41/h3-14,16-17,19H,2,15,18H2,1H3,(H2,39,40,41)/t19-,30?/m0/s1. The first kappa shape index (κ1) is 32.7. The van der Waals surface area contributed by atoms with E-state index in [0.29, 0.717) is 16.4 Å². The number of hydrogen-bond donors (Lipinski definition) is 2. The van der Waals surface area contributed by atoms with Gasteiger partial charge in [0, 0.05) is 28.5 Å². The number of aromatic nitrogens is 4. The SMILES string of the molecule is C=Nc1ccc(-c2csc([C@H](C)C(Cn3cncn3)(OCOC(=O)c3cccc(OP(=O)(O)O)c3)c3ccc(F)cc3F)n2)cc1. The van der Waals surface area contributed by atoms with Gasteiger partial charge in [0.15, 0.2) is 6.79 Å². The highest BCUT2D eigenvalue weighted by atomic mass is 32.1. The van der Waals surface area contributed by atoms with Gasteiger partial charge in [-0.15, -0.1) is 11.3 Å². The molecule has 0 spiro atoms. The van der Waals surface area contributed by atoms with Gasteiger partial charge in [-0.2, -0.15) is 5.10 Å². The van der Waals surface area contributed by atoms with Crippen molar-refractivity contribution in [3.8, 4) is 17.0 Å². The predicted octanol–water partition coefficient (Wildman–Crippen LogP) is 6.01. The van der Waals surface area contributed by atoms with Gasteiger partial charge in [-0.1, -0.05) is 31.2 Å². The van der Waals surface area contributed by atoms with Gasteiger partial charge in [-0.3, -0.25) is 14.8 Å². The van der Waals surface area contributed by atoms with E-state index in [2.05, 4.69) is 26.3 Å². The van der Waals surface area contributed by atoms with Gasteiger partial charge in [-0.25, -0.2) is 32.8 Å². The first-order valence-corrected chi connectivity index (χ1v) is 15.9. The van der Waals surface area contributed by atoms with E-state index in [1.165, 1.54) is 52.9 Å². The summed E-state index contributed by atoms with van der Waals surface area (Å²) in [6, 6.07) is 15.3. The van der Waals surface area contributed by atoms with Gasteiger partial charge in [0.05, 0.1) is 28.5 Å². The molecule has 12 nitrogen and oxygen atoms in total. The van der Waals surface area contributed by atoms with Crippen molar-refractivity contribution in [1.29, 1.82) is 0 Å². The summed E-state index contributed by atoms with van der Waals surface area (Å²) < 4.78 is 58.6. The number of hydrogen-bond acceptors (Lipinski definition) is 10. The Balaban J connectivity index is 1.50. The number of nitrogens with zero attached hydrogens (tertiary/aromatic N) is 5. The zero-order chi connectivity index (χ0) is 32.9. The summed E-state index contributed by atoms with van der Waals surface area (Å²) in [5, 5.41) is 6.52. The van der Waals surface area contributed by atoms with Crippen LogP contribution in [0.15, 0.2) is 89.8 Å². The Hall–Kier alpha value is -4.66. The molecular weight excluding hydrogens is 643 g/mol. The molecule has 0 radical (unpaired) electrons. The molecule has 16 heteroatoms. The zero-order valence-electron chi connectivity index (χ0n) is 24.1. The molecule has 0 aliphatic carbocycles. The number of halogens is 2. The second-order valence-electron chi connectivity index (χ2n) is 9.91. The third-order valence-corrected chi connectivity index (χ3v) is 8.46. The largest absolute Gasteiger partial charge is 0.524 e. The van der Waals surface area contributed by atoms with Crippen molar-refractivity contribution in [2.45, 2.75) is 25.0 Å². The zero-order valence-corrected chi connectivity index (χ0v) is 25.8. The first-order chi connectivity index (χ1) is 22.0. The Morgan fingerprint density at radius 3 is 2.61 bits per heavy atom. The molecule has 238 valence electrons. The van der Waals surface area contributed by atoms with Crippen LogP contribution in [-0.4, -0.2) is 49.0 Å². The van der Waals surface area contributed by atoms with Gasteiger partial charge in [-0.05, 0) is 43.1 Å². The van der Waals surface area contributed by atoms with Crippen molar-refractivity contribution in [3.63, 3.8) is 0 Å². The second kappa shape index (κ2) is 13.8. The fourth-order valence-electron chi connectivity index (χ4n) is 4.74. The highest BCUT2D eigenvalue weighted by molar-refractivity contribution is 7.46. The maximum atomic E-state index is 15.6. The van der Waals surface area contributed by atoms with Crippen molar-refractivity contribution < 1.29 is 41.9 Å². The molecule has 0 aliphatic heterocycles. The molecular formula is C30H26F2N5O7PS. The number of esters is 1. The van der Waals surface area contributed by atoms with Crippen LogP contribution < -0.4 is 4.52 Å². The molecule has 3 aromatic carbocycles. The predicted molar refractivity (Wildman–Crippen MR) is 164 cm³/mol. The minimum atomic E-state index is -4.88. The molecule has 2 aromatic heterocycles. The Morgan fingerprint density at radius 2 is 1.93 bits per heavy atom. The summed E-state index contributed by atoms with van der Waals surface area (Å²) in [5.41, 5.74) is 0.304. The fourth-order valence-corrected chi connectivity index (χ4v) is 6.09. The minimum Gasteiger partial charge on any atom is -0.435 e. The summed E-state index contributed by atoms with van der Waals surface area (Å²) >= 11 is 1.29. The smallest absolute Gasteiger partial charge is 0.435 e. The molecule has 2 N–H and O–H groups in total. The lowest BCUT2D eigenvalue weighted by Gasteiger charge is -2.38. The molecule has 1 unspecified atom stereocenters. The highest BCUT2D eigenvalue weighted by Crippen LogP contribution is 2.45. The number of thiazole rings is 1. The fraction of sp³-hybridized carbons (Fsp3) is 0.167. The minimum absolute atomic E-state index is 0.0526. The van der Waals surface area contributed by atoms with Crippen LogP contribution in [0.3, 0.4) is 0 Å². The normalized spacial score (nSPS) is 13.5. The number of phosphoric acid groups is 1. The van der Waals surface area contributed by atoms with E-state index < -0.39 is 43.7 Å². The Morgan fingerprint density at radius 1 is 1.15 bits per heavy atom. The molecule has 46 heavy (non-hydrogen) atoms. The average Bonchev–Trinajstić information content (AvgIpc) is 3.72. The third kappa shape index (κ3) is 7.58. The topological polar surface area (TPSA) is 158 Å². The maximum absolute atomic E-state index is 15.6. The average molecular weight is 670 g/mol. The highest BCUT2D eigenvalue weighted by Gasteiger charge is 2.45. The van der Waals surface area contributed by atoms with Crippen LogP contribution in [0.1, 0.15) is 33.8 Å². The van der Waals surface area contributed by atoms with Crippen molar-refractivity contribution in [2.75, 3.05) is 6.79 Å². The lowest BCUT2D eigenvalue weighted by molar-refractivity contribution is -0.148. The molecule has 0 fully saturated rings. The Kier molecular flexibility index (Phi) is 9.79. The first-order valence-electron chi connectivity index (χ1n) is 13.4. The molecule has 2 heterocycles. The van der Waals surface area contributed by atoms with Crippen LogP contribution in [0.25, 0.3) is 11.3 Å². The number of carbonyl (C=O) groups is 1. The molecule has 0 aliphatic rings. The summed E-state index contributed by atoms with van der Waals surface area (Å²) in [6.45, 7) is 4.41. The van der Waals surface area contributed by atoms with Crippen molar-refractivity contribution in [3.05, 3.63) is 113 Å². The molecule has 0 amide bonds. The van der Waals surface area contributed by atoms with Crippen LogP contribution in [0, 0.1) is 11.6 Å². The van der Waals surface area contributed by atoms with Gasteiger partial charge in [0.2, 0.25) is 0 Å². The van der Waals surface area contributed by atoms with E-state index in [1.807, 2.05) is 17.5 Å². The summed E-state index contributed by atoms with van der Waals surface area (Å²) in [6.07, 6.45) is 2.68. The molecule has 2 atom stereocenters. The van der Waals surface area contributed by atoms with Crippen LogP contribution in [0.2, 0.25) is 0 Å². The summed E-state index contributed by atoms with van der Waals surface area (Å²) in [4.78, 5) is 43.8. The van der Waals surface area contributed by atoms with Crippen LogP contribution in [0.4, 0.5) is 14.5 Å². The van der Waals surface area contributed by atoms with Gasteiger partial charge < -0.3 is 14.0 Å². The summed E-state index contributed by atoms with van der Waals surface area (Å²) in [5.74, 6) is -3.64. The third-order valence-electron chi connectivity index (χ3n) is 6.99. The number of rotatable bonds is 13. The van der Waals surface area contributed by atoms with E-state index in [4.69, 9.17) is 24.2 Å². The van der Waals surface area contributed by atoms with E-state index >= 15 is 4.39 Å². The molecule has 0 saturated heterocycles. The van der Waals surface area contributed by atoms with Gasteiger partial charge in [0.1, 0.15) is 35.6 Å². The molecule has 0 saturated carbocycles. The van der Waals surface area contributed by atoms with Crippen molar-refractivity contribution >= 4 is 37.5 Å². The molecule has 5 aromatic rings. The number of benzene rings is 3. The Bertz CT molecular complexity index is 1880. The number of carbonyl (C=O) groups excluding carboxylic acids is 1. The van der Waals surface area contributed by atoms with Crippen LogP contribution >= 0.6 is 19.2 Å². The monoisotopic (exact) mass is 669 g/mol. The Labute approximate surface area is 265 Å². The van der Waals surface area contributed by atoms with Crippen molar-refractivity contribution in [1.82, 2.24) is 19.7 Å². The van der Waals surface area contributed by atoms with Crippen molar-refractivity contribution in [2.24, 2.45) is 4.99 Å². The quantitative estimate of drug-likeness (QED) is 0.0658. The summed E-state index contributed by atoms with van der Waals surface area (Å²) in [7, 11) is -4.88. The van der Waals surface area contributed by atoms with Gasteiger partial charge >= 0.3 is 13.8 Å². The molecule has 0 bridgehead atoms. The maximum Gasteiger partial charge on any atom is 0.524 e. The van der Waals surface area contributed by atoms with E-state index in [-0.39, 0.29) is 23.4 Å². The second-order valence-corrected chi connectivity index (χ2v) is 12.0. The van der Waals surface area contributed by atoms with E-state index in [0.717, 1.165) is 23.8 Å². The van der Waals surface area contributed by atoms with E-state index in [1.54, 1.807) is 19.1 Å². The number of ether oxygens (including phenoxy) is 2. The lowest BCUT2D eigenvalue weighted by Crippen LogP contribution is -2.42. The van der Waals surface area contributed by atoms with Crippen LogP contribution in [-0.2, 0) is 26.2 Å². The van der Waals surface area contributed by atoms with Crippen LogP contribution in [0.5, 0.6) is 5.75 Å². The molecule has 5 rings (SSSR count).